The molecule has 0 bridgehead atoms. The van der Waals surface area contributed by atoms with Crippen molar-refractivity contribution in [1.29, 1.82) is 0 Å². The number of hydrogen-bond donors (Lipinski definition) is 0. The van der Waals surface area contributed by atoms with Gasteiger partial charge >= 0.3 is 0 Å². The largest absolute Gasteiger partial charge is 0.481 e. The van der Waals surface area contributed by atoms with Crippen LogP contribution < -0.4 is 9.47 Å². The molecule has 0 unspecified atom stereocenters. The molecule has 4 aromatic heterocycles. The zero-order chi connectivity index (χ0) is 23.9. The highest BCUT2D eigenvalue weighted by atomic mass is 32.2. The molecule has 0 aliphatic rings. The van der Waals surface area contributed by atoms with Gasteiger partial charge in [-0.2, -0.15) is 16.3 Å². The number of thiophene rings is 1. The van der Waals surface area contributed by atoms with Crippen LogP contribution in [0.3, 0.4) is 0 Å². The maximum atomic E-state index is 13.7. The highest BCUT2D eigenvalue weighted by Crippen LogP contribution is 2.41. The van der Waals surface area contributed by atoms with Crippen LogP contribution in [0, 0.1) is 6.92 Å². The molecule has 4 heterocycles. The van der Waals surface area contributed by atoms with Crippen LogP contribution in [0.4, 0.5) is 0 Å². The van der Waals surface area contributed by atoms with Crippen molar-refractivity contribution < 1.29 is 17.9 Å². The van der Waals surface area contributed by atoms with Crippen molar-refractivity contribution in [2.75, 3.05) is 14.2 Å². The van der Waals surface area contributed by atoms with E-state index in [1.54, 1.807) is 54.1 Å². The molecule has 0 spiro atoms. The summed E-state index contributed by atoms with van der Waals surface area (Å²) in [5, 5.41) is 4.70. The molecule has 0 atom stereocenters. The van der Waals surface area contributed by atoms with Gasteiger partial charge in [-0.1, -0.05) is 17.7 Å². The molecule has 0 aliphatic heterocycles. The van der Waals surface area contributed by atoms with Crippen LogP contribution in [0.2, 0.25) is 0 Å². The minimum absolute atomic E-state index is 0.184. The molecule has 1 aromatic carbocycles. The zero-order valence-electron chi connectivity index (χ0n) is 18.7. The fourth-order valence-electron chi connectivity index (χ4n) is 3.89. The monoisotopic (exact) mass is 491 g/mol. The van der Waals surface area contributed by atoms with Gasteiger partial charge in [0.2, 0.25) is 11.8 Å². The molecule has 34 heavy (non-hydrogen) atoms. The van der Waals surface area contributed by atoms with E-state index in [0.717, 1.165) is 16.7 Å². The molecular formula is C25H21N3O4S2. The van der Waals surface area contributed by atoms with E-state index in [2.05, 4.69) is 9.97 Å². The number of aromatic nitrogens is 3. The van der Waals surface area contributed by atoms with Crippen LogP contribution in [-0.4, -0.2) is 36.6 Å². The molecule has 0 saturated heterocycles. The molecule has 0 fully saturated rings. The molecule has 5 rings (SSSR count). The molecule has 5 aromatic rings. The zero-order valence-corrected chi connectivity index (χ0v) is 20.4. The maximum absolute atomic E-state index is 13.7. The first-order valence-electron chi connectivity index (χ1n) is 10.4. The second kappa shape index (κ2) is 8.58. The van der Waals surface area contributed by atoms with Gasteiger partial charge < -0.3 is 9.47 Å². The number of rotatable bonds is 6. The Hall–Kier alpha value is -3.69. The summed E-state index contributed by atoms with van der Waals surface area (Å²) in [5.41, 5.74) is 4.44. The van der Waals surface area contributed by atoms with E-state index in [0.29, 0.717) is 33.9 Å². The van der Waals surface area contributed by atoms with E-state index in [1.807, 2.05) is 35.9 Å². The van der Waals surface area contributed by atoms with E-state index < -0.39 is 10.0 Å². The first kappa shape index (κ1) is 22.1. The van der Waals surface area contributed by atoms with Crippen molar-refractivity contribution in [3.8, 4) is 34.0 Å². The summed E-state index contributed by atoms with van der Waals surface area (Å²) < 4.78 is 39.5. The average molecular weight is 492 g/mol. The summed E-state index contributed by atoms with van der Waals surface area (Å²) in [5.74, 6) is 0.721. The Morgan fingerprint density at radius 1 is 0.912 bits per heavy atom. The van der Waals surface area contributed by atoms with Crippen molar-refractivity contribution in [2.24, 2.45) is 0 Å². The summed E-state index contributed by atoms with van der Waals surface area (Å²) in [4.78, 5) is 9.09. The smallest absolute Gasteiger partial charge is 0.269 e. The number of hydrogen-bond acceptors (Lipinski definition) is 7. The molecule has 9 heteroatoms. The van der Waals surface area contributed by atoms with Gasteiger partial charge in [0.15, 0.2) is 5.65 Å². The molecule has 0 radical (unpaired) electrons. The van der Waals surface area contributed by atoms with Gasteiger partial charge in [-0.15, -0.1) is 0 Å². The van der Waals surface area contributed by atoms with E-state index >= 15 is 0 Å². The average Bonchev–Trinajstić information content (AvgIpc) is 3.52. The SMILES string of the molecule is COc1ccc(-c2cn(S(=O)(=O)c3ccc(C)cc3)c3nccc(-c4ccsc4)c23)c(OC)n1. The summed E-state index contributed by atoms with van der Waals surface area (Å²) in [6.07, 6.45) is 3.22. The second-order valence-electron chi connectivity index (χ2n) is 7.64. The number of ether oxygens (including phenoxy) is 2. The number of benzene rings is 1. The van der Waals surface area contributed by atoms with Crippen LogP contribution in [0.15, 0.2) is 76.6 Å². The molecule has 0 N–H and O–H groups in total. The highest BCUT2D eigenvalue weighted by molar-refractivity contribution is 7.90. The molecule has 0 amide bonds. The quantitative estimate of drug-likeness (QED) is 0.317. The Balaban J connectivity index is 1.85. The number of pyridine rings is 2. The Labute approximate surface area is 201 Å². The van der Waals surface area contributed by atoms with Crippen molar-refractivity contribution in [1.82, 2.24) is 13.9 Å². The van der Waals surface area contributed by atoms with Gasteiger partial charge in [0.05, 0.1) is 19.1 Å². The predicted molar refractivity (Wildman–Crippen MR) is 133 cm³/mol. The van der Waals surface area contributed by atoms with Crippen LogP contribution in [0.1, 0.15) is 5.56 Å². The second-order valence-corrected chi connectivity index (χ2v) is 10.2. The van der Waals surface area contributed by atoms with Crippen molar-refractivity contribution in [3.63, 3.8) is 0 Å². The fourth-order valence-corrected chi connectivity index (χ4v) is 5.87. The van der Waals surface area contributed by atoms with Crippen LogP contribution >= 0.6 is 11.3 Å². The number of fused-ring (bicyclic) bond motifs is 1. The fraction of sp³-hybridized carbons (Fsp3) is 0.120. The number of aryl methyl sites for hydroxylation is 1. The lowest BCUT2D eigenvalue weighted by Gasteiger charge is -2.09. The summed E-state index contributed by atoms with van der Waals surface area (Å²) in [6, 6.07) is 14.2. The normalized spacial score (nSPS) is 11.6. The lowest BCUT2D eigenvalue weighted by molar-refractivity contribution is 0.366. The van der Waals surface area contributed by atoms with E-state index in [4.69, 9.17) is 9.47 Å². The Morgan fingerprint density at radius 3 is 2.38 bits per heavy atom. The highest BCUT2D eigenvalue weighted by Gasteiger charge is 2.26. The first-order valence-corrected chi connectivity index (χ1v) is 12.8. The molecule has 0 saturated carbocycles. The van der Waals surface area contributed by atoms with Gasteiger partial charge in [-0.25, -0.2) is 17.4 Å². The summed E-state index contributed by atoms with van der Waals surface area (Å²) in [6.45, 7) is 1.91. The molecule has 0 aliphatic carbocycles. The lowest BCUT2D eigenvalue weighted by atomic mass is 10.0. The topological polar surface area (TPSA) is 83.3 Å². The minimum atomic E-state index is -3.92. The molecule has 172 valence electrons. The third-order valence-corrected chi connectivity index (χ3v) is 7.94. The number of nitrogens with zero attached hydrogens (tertiary/aromatic N) is 3. The number of methoxy groups -OCH3 is 2. The first-order chi connectivity index (χ1) is 16.4. The Kier molecular flexibility index (Phi) is 5.59. The van der Waals surface area contributed by atoms with E-state index in [9.17, 15) is 8.42 Å². The third kappa shape index (κ3) is 3.63. The Morgan fingerprint density at radius 2 is 1.71 bits per heavy atom. The van der Waals surface area contributed by atoms with Crippen molar-refractivity contribution >= 4 is 32.4 Å². The third-order valence-electron chi connectivity index (χ3n) is 5.59. The van der Waals surface area contributed by atoms with Gasteiger partial charge in [0.1, 0.15) is 0 Å². The molecular weight excluding hydrogens is 470 g/mol. The minimum Gasteiger partial charge on any atom is -0.481 e. The Bertz CT molecular complexity index is 1590. The van der Waals surface area contributed by atoms with Crippen molar-refractivity contribution in [3.05, 3.63) is 77.2 Å². The molecule has 7 nitrogen and oxygen atoms in total. The van der Waals surface area contributed by atoms with Crippen LogP contribution in [0.5, 0.6) is 11.8 Å². The van der Waals surface area contributed by atoms with Crippen LogP contribution in [-0.2, 0) is 10.0 Å². The maximum Gasteiger partial charge on any atom is 0.269 e. The van der Waals surface area contributed by atoms with E-state index in [-0.39, 0.29) is 4.90 Å². The summed E-state index contributed by atoms with van der Waals surface area (Å²) >= 11 is 1.57. The standard InChI is InChI=1S/C25H21N3O4S2/c1-16-4-6-18(7-5-16)34(29,30)28-14-21(20-8-9-22(31-2)27-25(20)32-3)23-19(10-12-26-24(23)28)17-11-13-33-15-17/h4-15H,1-3H3. The van der Waals surface area contributed by atoms with Gasteiger partial charge in [-0.3, -0.25) is 0 Å². The van der Waals surface area contributed by atoms with Crippen LogP contribution in [0.25, 0.3) is 33.3 Å². The van der Waals surface area contributed by atoms with Gasteiger partial charge in [0.25, 0.3) is 10.0 Å². The predicted octanol–water partition coefficient (Wildman–Crippen LogP) is 5.39. The van der Waals surface area contributed by atoms with E-state index in [1.165, 1.54) is 18.2 Å². The lowest BCUT2D eigenvalue weighted by Crippen LogP contribution is -2.12. The van der Waals surface area contributed by atoms with Gasteiger partial charge in [-0.05, 0) is 59.1 Å². The van der Waals surface area contributed by atoms with Gasteiger partial charge in [0, 0.05) is 35.0 Å². The van der Waals surface area contributed by atoms with Crippen molar-refractivity contribution in [2.45, 2.75) is 11.8 Å². The summed E-state index contributed by atoms with van der Waals surface area (Å²) in [7, 11) is -0.869.